The molecular formula is C27H31N5O4S. The summed E-state index contributed by atoms with van der Waals surface area (Å²) in [6.07, 6.45) is 0.278. The van der Waals surface area contributed by atoms with Crippen molar-refractivity contribution in [1.29, 1.82) is 0 Å². The molecule has 0 saturated carbocycles. The molecule has 2 amide bonds. The second-order valence-electron chi connectivity index (χ2n) is 9.95. The smallest absolute Gasteiger partial charge is 0.251 e. The van der Waals surface area contributed by atoms with E-state index in [0.29, 0.717) is 29.6 Å². The first kappa shape index (κ1) is 25.3. The van der Waals surface area contributed by atoms with Crippen molar-refractivity contribution in [3.8, 4) is 11.4 Å². The van der Waals surface area contributed by atoms with Crippen LogP contribution in [0.3, 0.4) is 0 Å². The molecule has 2 saturated heterocycles. The standard InChI is InChI=1S/C27H31N5O4S/c1-17-12-32(13-18(2)36-17)23-9-5-8-21(29-23)22-14-37-26(30-22)31-24(33)11-28-25(34)19-6-4-7-20(10-19)27(3)15-35-16-27/h4-10,14,17-18H,11-13,15-16H2,1-3H3,(H,28,34)(H,30,31,33)/t17-,18+. The van der Waals surface area contributed by atoms with Gasteiger partial charge in [-0.25, -0.2) is 9.97 Å². The van der Waals surface area contributed by atoms with Gasteiger partial charge in [0.15, 0.2) is 5.13 Å². The summed E-state index contributed by atoms with van der Waals surface area (Å²) in [4.78, 5) is 36.7. The van der Waals surface area contributed by atoms with Crippen molar-refractivity contribution in [2.75, 3.05) is 43.1 Å². The van der Waals surface area contributed by atoms with E-state index in [-0.39, 0.29) is 36.0 Å². The summed E-state index contributed by atoms with van der Waals surface area (Å²) >= 11 is 1.32. The summed E-state index contributed by atoms with van der Waals surface area (Å²) in [5, 5.41) is 7.77. The van der Waals surface area contributed by atoms with E-state index < -0.39 is 0 Å². The number of anilines is 2. The zero-order chi connectivity index (χ0) is 26.0. The predicted octanol–water partition coefficient (Wildman–Crippen LogP) is 3.48. The molecule has 0 unspecified atom stereocenters. The van der Waals surface area contributed by atoms with E-state index in [9.17, 15) is 9.59 Å². The molecule has 2 aliphatic rings. The summed E-state index contributed by atoms with van der Waals surface area (Å²) in [5.41, 5.74) is 2.93. The highest BCUT2D eigenvalue weighted by Crippen LogP contribution is 2.32. The van der Waals surface area contributed by atoms with Gasteiger partial charge in [-0.3, -0.25) is 9.59 Å². The van der Waals surface area contributed by atoms with E-state index in [1.54, 1.807) is 6.07 Å². The van der Waals surface area contributed by atoms with Crippen molar-refractivity contribution in [1.82, 2.24) is 15.3 Å². The van der Waals surface area contributed by atoms with Crippen LogP contribution < -0.4 is 15.5 Å². The molecular weight excluding hydrogens is 490 g/mol. The molecule has 3 aromatic rings. The number of thiazole rings is 1. The Labute approximate surface area is 220 Å². The highest BCUT2D eigenvalue weighted by Gasteiger charge is 2.35. The quantitative estimate of drug-likeness (QED) is 0.490. The monoisotopic (exact) mass is 521 g/mol. The molecule has 2 aliphatic heterocycles. The Morgan fingerprint density at radius 1 is 1.08 bits per heavy atom. The Hall–Kier alpha value is -3.34. The zero-order valence-electron chi connectivity index (χ0n) is 21.2. The number of hydrogen-bond acceptors (Lipinski definition) is 8. The lowest BCUT2D eigenvalue weighted by Gasteiger charge is -2.38. The maximum Gasteiger partial charge on any atom is 0.251 e. The fourth-order valence-electron chi connectivity index (χ4n) is 4.59. The number of nitrogens with zero attached hydrogens (tertiary/aromatic N) is 3. The number of pyridine rings is 1. The van der Waals surface area contributed by atoms with Crippen LogP contribution in [0.2, 0.25) is 0 Å². The molecule has 0 radical (unpaired) electrons. The van der Waals surface area contributed by atoms with Crippen molar-refractivity contribution < 1.29 is 19.1 Å². The maximum absolute atomic E-state index is 12.6. The fourth-order valence-corrected chi connectivity index (χ4v) is 5.31. The number of nitrogens with one attached hydrogen (secondary N) is 2. The number of morpholine rings is 1. The molecule has 2 fully saturated rings. The molecule has 5 rings (SSSR count). The lowest BCUT2D eigenvalue weighted by Crippen LogP contribution is -2.45. The third kappa shape index (κ3) is 5.82. The van der Waals surface area contributed by atoms with E-state index in [1.165, 1.54) is 11.3 Å². The van der Waals surface area contributed by atoms with E-state index in [1.807, 2.05) is 41.8 Å². The Morgan fingerprint density at radius 3 is 2.57 bits per heavy atom. The predicted molar refractivity (Wildman–Crippen MR) is 143 cm³/mol. The van der Waals surface area contributed by atoms with Gasteiger partial charge in [0.05, 0.1) is 37.7 Å². The minimum absolute atomic E-state index is 0.0658. The first-order chi connectivity index (χ1) is 17.8. The van der Waals surface area contributed by atoms with Crippen molar-refractivity contribution in [2.45, 2.75) is 38.4 Å². The molecule has 0 spiro atoms. The molecule has 0 bridgehead atoms. The Kier molecular flexibility index (Phi) is 7.23. The average Bonchev–Trinajstić information content (AvgIpc) is 3.34. The average molecular weight is 522 g/mol. The van der Waals surface area contributed by atoms with Gasteiger partial charge in [0.1, 0.15) is 11.5 Å². The minimum atomic E-state index is -0.345. The van der Waals surface area contributed by atoms with Gasteiger partial charge in [0, 0.05) is 29.4 Å². The van der Waals surface area contributed by atoms with Crippen molar-refractivity contribution >= 4 is 34.1 Å². The SMILES string of the molecule is C[C@@H]1CN(c2cccc(-c3csc(NC(=O)CNC(=O)c4cccc(C5(C)COC5)c4)n3)n2)C[C@H](C)O1. The first-order valence-electron chi connectivity index (χ1n) is 12.4. The van der Waals surface area contributed by atoms with E-state index >= 15 is 0 Å². The van der Waals surface area contributed by atoms with Gasteiger partial charge in [-0.2, -0.15) is 0 Å². The fraction of sp³-hybridized carbons (Fsp3) is 0.407. The second-order valence-corrected chi connectivity index (χ2v) is 10.8. The van der Waals surface area contributed by atoms with Crippen LogP contribution in [-0.2, 0) is 19.7 Å². The van der Waals surface area contributed by atoms with Gasteiger partial charge >= 0.3 is 0 Å². The highest BCUT2D eigenvalue weighted by atomic mass is 32.1. The van der Waals surface area contributed by atoms with E-state index in [0.717, 1.165) is 30.2 Å². The normalized spacial score (nSPS) is 20.7. The molecule has 1 aromatic carbocycles. The summed E-state index contributed by atoms with van der Waals surface area (Å²) in [5.74, 6) is 0.236. The van der Waals surface area contributed by atoms with Crippen LogP contribution in [0.25, 0.3) is 11.4 Å². The van der Waals surface area contributed by atoms with E-state index in [4.69, 9.17) is 14.5 Å². The summed E-state index contributed by atoms with van der Waals surface area (Å²) in [6.45, 7) is 8.92. The minimum Gasteiger partial charge on any atom is -0.379 e. The number of ether oxygens (including phenoxy) is 2. The zero-order valence-corrected chi connectivity index (χ0v) is 22.0. The molecule has 2 N–H and O–H groups in total. The van der Waals surface area contributed by atoms with Gasteiger partial charge in [-0.05, 0) is 43.7 Å². The van der Waals surface area contributed by atoms with Crippen molar-refractivity contribution in [3.63, 3.8) is 0 Å². The number of aromatic nitrogens is 2. The Balaban J connectivity index is 1.17. The topological polar surface area (TPSA) is 106 Å². The van der Waals surface area contributed by atoms with E-state index in [2.05, 4.69) is 41.3 Å². The van der Waals surface area contributed by atoms with Crippen molar-refractivity contribution in [2.24, 2.45) is 0 Å². The van der Waals surface area contributed by atoms with Gasteiger partial charge in [-0.1, -0.05) is 25.1 Å². The number of carbonyl (C=O) groups excluding carboxylic acids is 2. The number of benzene rings is 1. The number of amides is 2. The van der Waals surface area contributed by atoms with Crippen LogP contribution in [0, 0.1) is 0 Å². The van der Waals surface area contributed by atoms with Gasteiger partial charge in [0.2, 0.25) is 5.91 Å². The molecule has 10 heteroatoms. The lowest BCUT2D eigenvalue weighted by molar-refractivity contribution is -0.115. The lowest BCUT2D eigenvalue weighted by atomic mass is 9.80. The molecule has 2 atom stereocenters. The summed E-state index contributed by atoms with van der Waals surface area (Å²) in [7, 11) is 0. The first-order valence-corrected chi connectivity index (χ1v) is 13.3. The Morgan fingerprint density at radius 2 is 1.84 bits per heavy atom. The van der Waals surface area contributed by atoms with Crippen LogP contribution in [0.4, 0.5) is 10.9 Å². The molecule has 37 heavy (non-hydrogen) atoms. The third-order valence-corrected chi connectivity index (χ3v) is 7.32. The number of hydrogen-bond donors (Lipinski definition) is 2. The van der Waals surface area contributed by atoms with Gasteiger partial charge in [-0.15, -0.1) is 11.3 Å². The van der Waals surface area contributed by atoms with Crippen LogP contribution in [0.15, 0.2) is 47.8 Å². The molecule has 2 aromatic heterocycles. The van der Waals surface area contributed by atoms with Crippen LogP contribution in [0.5, 0.6) is 0 Å². The summed E-state index contributed by atoms with van der Waals surface area (Å²) < 4.78 is 11.2. The highest BCUT2D eigenvalue weighted by molar-refractivity contribution is 7.14. The molecule has 194 valence electrons. The van der Waals surface area contributed by atoms with Crippen LogP contribution >= 0.6 is 11.3 Å². The molecule has 0 aliphatic carbocycles. The van der Waals surface area contributed by atoms with Gasteiger partial charge < -0.3 is 25.0 Å². The number of rotatable bonds is 7. The Bertz CT molecular complexity index is 1280. The molecule has 4 heterocycles. The van der Waals surface area contributed by atoms with Crippen molar-refractivity contribution in [3.05, 3.63) is 59.0 Å². The number of carbonyl (C=O) groups is 2. The second kappa shape index (κ2) is 10.6. The van der Waals surface area contributed by atoms with Crippen LogP contribution in [0.1, 0.15) is 36.7 Å². The molecule has 9 nitrogen and oxygen atoms in total. The maximum atomic E-state index is 12.6. The third-order valence-electron chi connectivity index (χ3n) is 6.56. The largest absolute Gasteiger partial charge is 0.379 e. The van der Waals surface area contributed by atoms with Crippen LogP contribution in [-0.4, -0.2) is 66.8 Å². The van der Waals surface area contributed by atoms with Gasteiger partial charge in [0.25, 0.3) is 5.91 Å². The summed E-state index contributed by atoms with van der Waals surface area (Å²) in [6, 6.07) is 13.3.